The first-order valence-corrected chi connectivity index (χ1v) is 9.46. The van der Waals surface area contributed by atoms with Crippen molar-refractivity contribution in [2.75, 3.05) is 19.4 Å². The topological polar surface area (TPSA) is 100 Å². The lowest BCUT2D eigenvalue weighted by Crippen LogP contribution is -2.35. The van der Waals surface area contributed by atoms with Crippen molar-refractivity contribution in [2.24, 2.45) is 0 Å². The summed E-state index contributed by atoms with van der Waals surface area (Å²) in [6, 6.07) is 5.78. The van der Waals surface area contributed by atoms with Crippen LogP contribution in [-0.4, -0.2) is 52.4 Å². The minimum atomic E-state index is -0.321. The predicted octanol–water partition coefficient (Wildman–Crippen LogP) is 2.61. The Hall–Kier alpha value is -3.26. The number of aryl methyl sites for hydroxylation is 1. The van der Waals surface area contributed by atoms with Gasteiger partial charge in [0.2, 0.25) is 0 Å². The third kappa shape index (κ3) is 3.71. The molecule has 3 aromatic rings. The van der Waals surface area contributed by atoms with Gasteiger partial charge >= 0.3 is 0 Å². The fourth-order valence-electron chi connectivity index (χ4n) is 3.83. The molecular formula is C21H23N5O3. The summed E-state index contributed by atoms with van der Waals surface area (Å²) in [4.78, 5) is 37.4. The Morgan fingerprint density at radius 3 is 2.76 bits per heavy atom. The second-order valence-electron chi connectivity index (χ2n) is 7.53. The van der Waals surface area contributed by atoms with Gasteiger partial charge in [-0.1, -0.05) is 0 Å². The van der Waals surface area contributed by atoms with E-state index >= 15 is 0 Å². The minimum Gasteiger partial charge on any atom is -0.458 e. The molecule has 150 valence electrons. The van der Waals surface area contributed by atoms with E-state index < -0.39 is 0 Å². The molecule has 29 heavy (non-hydrogen) atoms. The maximum Gasteiger partial charge on any atom is 0.293 e. The molecular weight excluding hydrogens is 370 g/mol. The minimum absolute atomic E-state index is 0.227. The van der Waals surface area contributed by atoms with Crippen molar-refractivity contribution in [3.8, 4) is 0 Å². The van der Waals surface area contributed by atoms with Crippen molar-refractivity contribution >= 4 is 29.0 Å². The number of amides is 1. The van der Waals surface area contributed by atoms with Crippen LogP contribution in [-0.2, 0) is 16.0 Å². The number of nitrogens with one attached hydrogen (secondary N) is 2. The molecule has 0 fully saturated rings. The summed E-state index contributed by atoms with van der Waals surface area (Å²) in [7, 11) is 4.04. The highest BCUT2D eigenvalue weighted by atomic mass is 16.5. The van der Waals surface area contributed by atoms with E-state index in [0.29, 0.717) is 23.5 Å². The smallest absolute Gasteiger partial charge is 0.293 e. The summed E-state index contributed by atoms with van der Waals surface area (Å²) in [6.07, 6.45) is 4.39. The molecule has 1 aliphatic carbocycles. The molecule has 8 nitrogen and oxygen atoms in total. The zero-order valence-corrected chi connectivity index (χ0v) is 16.6. The molecule has 0 saturated carbocycles. The van der Waals surface area contributed by atoms with Crippen LogP contribution in [0.15, 0.2) is 30.6 Å². The van der Waals surface area contributed by atoms with Crippen LogP contribution in [0.2, 0.25) is 0 Å². The van der Waals surface area contributed by atoms with Crippen LogP contribution in [0, 0.1) is 6.92 Å². The molecule has 2 N–H and O–H groups in total. The van der Waals surface area contributed by atoms with E-state index in [2.05, 4.69) is 25.2 Å². The Labute approximate surface area is 168 Å². The number of carbonyl (C=O) groups is 2. The largest absolute Gasteiger partial charge is 0.458 e. The number of benzene rings is 1. The number of nitrogens with zero attached hydrogens (tertiary/aromatic N) is 3. The van der Waals surface area contributed by atoms with Gasteiger partial charge in [0, 0.05) is 28.9 Å². The van der Waals surface area contributed by atoms with Crippen LogP contribution >= 0.6 is 0 Å². The first kappa shape index (κ1) is 19.1. The number of H-pyrrole nitrogens is 1. The van der Waals surface area contributed by atoms with E-state index in [0.717, 1.165) is 35.0 Å². The number of carbonyl (C=O) groups excluding carboxylic acids is 2. The molecule has 2 heterocycles. The molecule has 2 atom stereocenters. The van der Waals surface area contributed by atoms with Crippen LogP contribution in [0.3, 0.4) is 0 Å². The number of fused-ring (bicyclic) bond motifs is 3. The Kier molecular flexibility index (Phi) is 5.02. The Bertz CT molecular complexity index is 1060. The van der Waals surface area contributed by atoms with Gasteiger partial charge in [-0.05, 0) is 51.2 Å². The van der Waals surface area contributed by atoms with E-state index in [1.807, 2.05) is 26.2 Å². The average Bonchev–Trinajstić information content (AvgIpc) is 3.08. The van der Waals surface area contributed by atoms with Gasteiger partial charge in [0.25, 0.3) is 12.4 Å². The van der Waals surface area contributed by atoms with Crippen molar-refractivity contribution in [1.82, 2.24) is 19.9 Å². The van der Waals surface area contributed by atoms with Crippen molar-refractivity contribution < 1.29 is 14.3 Å². The fourth-order valence-corrected chi connectivity index (χ4v) is 3.83. The summed E-state index contributed by atoms with van der Waals surface area (Å²) in [6.45, 7) is 2.29. The summed E-state index contributed by atoms with van der Waals surface area (Å²) in [5, 5.41) is 3.80. The summed E-state index contributed by atoms with van der Waals surface area (Å²) in [5.41, 5.74) is 4.01. The first-order valence-electron chi connectivity index (χ1n) is 9.46. The molecule has 0 radical (unpaired) electrons. The molecule has 4 rings (SSSR count). The molecule has 2 unspecified atom stereocenters. The summed E-state index contributed by atoms with van der Waals surface area (Å²) >= 11 is 0. The zero-order chi connectivity index (χ0) is 20.5. The lowest BCUT2D eigenvalue weighted by molar-refractivity contribution is -0.135. The van der Waals surface area contributed by atoms with Gasteiger partial charge in [-0.15, -0.1) is 0 Å². The number of hydrogen-bond donors (Lipinski definition) is 2. The molecule has 2 aromatic heterocycles. The first-order chi connectivity index (χ1) is 14.0. The Morgan fingerprint density at radius 1 is 1.31 bits per heavy atom. The SMILES string of the molecule is Cc1ncc(NC(=O)c2ccc3[nH]c4c(c3c2)CC(N(C)C)CC4OC=O)cn1. The number of aromatic nitrogens is 3. The Morgan fingerprint density at radius 2 is 2.07 bits per heavy atom. The maximum absolute atomic E-state index is 12.7. The van der Waals surface area contributed by atoms with E-state index in [1.54, 1.807) is 25.4 Å². The van der Waals surface area contributed by atoms with Gasteiger partial charge in [0.1, 0.15) is 11.9 Å². The standard InChI is InChI=1S/C21H23N5O3/c1-12-22-9-14(10-23-12)24-21(28)13-4-5-18-16(6-13)17-7-15(26(2)3)8-19(29-11-27)20(17)25-18/h4-6,9-11,15,19,25H,7-8H2,1-3H3,(H,24,28). The molecule has 0 bridgehead atoms. The van der Waals surface area contributed by atoms with Gasteiger partial charge in [-0.25, -0.2) is 9.97 Å². The van der Waals surface area contributed by atoms with Gasteiger partial charge in [-0.3, -0.25) is 9.59 Å². The number of hydrogen-bond acceptors (Lipinski definition) is 6. The van der Waals surface area contributed by atoms with Crippen molar-refractivity contribution in [1.29, 1.82) is 0 Å². The van der Waals surface area contributed by atoms with Crippen molar-refractivity contribution in [3.63, 3.8) is 0 Å². The lowest BCUT2D eigenvalue weighted by Gasteiger charge is -2.32. The van der Waals surface area contributed by atoms with Gasteiger partial charge in [-0.2, -0.15) is 0 Å². The van der Waals surface area contributed by atoms with Crippen LogP contribution < -0.4 is 5.32 Å². The third-order valence-electron chi connectivity index (χ3n) is 5.44. The van der Waals surface area contributed by atoms with Crippen molar-refractivity contribution in [3.05, 3.63) is 53.2 Å². The zero-order valence-electron chi connectivity index (χ0n) is 16.6. The number of rotatable bonds is 5. The summed E-state index contributed by atoms with van der Waals surface area (Å²) < 4.78 is 5.35. The normalized spacial score (nSPS) is 18.5. The molecule has 1 aromatic carbocycles. The highest BCUT2D eigenvalue weighted by Gasteiger charge is 2.32. The molecule has 1 aliphatic rings. The highest BCUT2D eigenvalue weighted by molar-refractivity contribution is 6.06. The van der Waals surface area contributed by atoms with Gasteiger partial charge in [0.15, 0.2) is 0 Å². The van der Waals surface area contributed by atoms with E-state index in [-0.39, 0.29) is 18.1 Å². The number of ether oxygens (including phenoxy) is 1. The lowest BCUT2D eigenvalue weighted by atomic mass is 9.88. The number of anilines is 1. The summed E-state index contributed by atoms with van der Waals surface area (Å²) in [5.74, 6) is 0.417. The molecule has 1 amide bonds. The number of likely N-dealkylation sites (N-methyl/N-ethyl adjacent to an activating group) is 1. The molecule has 8 heteroatoms. The second-order valence-corrected chi connectivity index (χ2v) is 7.53. The maximum atomic E-state index is 12.7. The molecule has 0 spiro atoms. The molecule has 0 aliphatic heterocycles. The second kappa shape index (κ2) is 7.63. The average molecular weight is 393 g/mol. The van der Waals surface area contributed by atoms with Crippen LogP contribution in [0.4, 0.5) is 5.69 Å². The highest BCUT2D eigenvalue weighted by Crippen LogP contribution is 2.38. The molecule has 0 saturated heterocycles. The predicted molar refractivity (Wildman–Crippen MR) is 109 cm³/mol. The van der Waals surface area contributed by atoms with E-state index in [9.17, 15) is 9.59 Å². The van der Waals surface area contributed by atoms with Crippen molar-refractivity contribution in [2.45, 2.75) is 31.9 Å². The number of aromatic amines is 1. The van der Waals surface area contributed by atoms with Crippen LogP contribution in [0.1, 0.15) is 40.0 Å². The third-order valence-corrected chi connectivity index (χ3v) is 5.44. The van der Waals surface area contributed by atoms with E-state index in [1.165, 1.54) is 0 Å². The van der Waals surface area contributed by atoms with Crippen LogP contribution in [0.25, 0.3) is 10.9 Å². The Balaban J connectivity index is 1.68. The quantitative estimate of drug-likeness (QED) is 0.647. The van der Waals surface area contributed by atoms with Gasteiger partial charge in [0.05, 0.1) is 23.8 Å². The van der Waals surface area contributed by atoms with Gasteiger partial charge < -0.3 is 19.9 Å². The fraction of sp³-hybridized carbons (Fsp3) is 0.333. The monoisotopic (exact) mass is 393 g/mol. The van der Waals surface area contributed by atoms with Crippen LogP contribution in [0.5, 0.6) is 0 Å². The van der Waals surface area contributed by atoms with E-state index in [4.69, 9.17) is 4.74 Å².